The minimum Gasteiger partial charge on any atom is -0.375 e. The molecule has 2 nitrogen and oxygen atoms in total. The second-order valence-electron chi connectivity index (χ2n) is 5.46. The maximum Gasteiger partial charge on any atom is 0.0686 e. The molecule has 1 aromatic rings. The molecule has 2 heterocycles. The summed E-state index contributed by atoms with van der Waals surface area (Å²) < 4.78 is 6.02. The Kier molecular flexibility index (Phi) is 3.24. The molecule has 2 unspecified atom stereocenters. The predicted octanol–water partition coefficient (Wildman–Crippen LogP) is 3.36. The Hall–Kier alpha value is -0.380. The molecular weight excluding hydrogens is 230 g/mol. The van der Waals surface area contributed by atoms with Crippen molar-refractivity contribution in [3.63, 3.8) is 0 Å². The van der Waals surface area contributed by atoms with Crippen LogP contribution in [0.4, 0.5) is 0 Å². The third-order valence-electron chi connectivity index (χ3n) is 4.48. The molecule has 0 radical (unpaired) electrons. The Morgan fingerprint density at radius 3 is 3.00 bits per heavy atom. The number of hydrogen-bond acceptors (Lipinski definition) is 3. The van der Waals surface area contributed by atoms with E-state index < -0.39 is 0 Å². The minimum absolute atomic E-state index is 0.258. The monoisotopic (exact) mass is 251 g/mol. The normalized spacial score (nSPS) is 28.9. The highest BCUT2D eigenvalue weighted by atomic mass is 32.1. The van der Waals surface area contributed by atoms with Crippen LogP contribution in [0, 0.1) is 5.92 Å². The van der Waals surface area contributed by atoms with Crippen LogP contribution in [-0.2, 0) is 4.74 Å². The van der Waals surface area contributed by atoms with Crippen LogP contribution in [0.15, 0.2) is 16.8 Å². The summed E-state index contributed by atoms with van der Waals surface area (Å²) in [6.07, 6.45) is 6.36. The van der Waals surface area contributed by atoms with Gasteiger partial charge in [0.25, 0.3) is 0 Å². The van der Waals surface area contributed by atoms with E-state index in [0.29, 0.717) is 6.04 Å². The molecule has 1 spiro atoms. The van der Waals surface area contributed by atoms with Crippen molar-refractivity contribution in [1.29, 1.82) is 0 Å². The van der Waals surface area contributed by atoms with Crippen molar-refractivity contribution in [3.05, 3.63) is 22.4 Å². The fourth-order valence-electron chi connectivity index (χ4n) is 3.40. The molecule has 3 heteroatoms. The van der Waals surface area contributed by atoms with Crippen LogP contribution in [0.25, 0.3) is 0 Å². The minimum atomic E-state index is 0.258. The van der Waals surface area contributed by atoms with Crippen molar-refractivity contribution in [1.82, 2.24) is 5.32 Å². The number of hydrogen-bond donors (Lipinski definition) is 1. The second kappa shape index (κ2) is 4.71. The summed E-state index contributed by atoms with van der Waals surface area (Å²) in [5, 5.41) is 7.97. The first kappa shape index (κ1) is 11.7. The zero-order chi connectivity index (χ0) is 11.7. The number of ether oxygens (including phenoxy) is 1. The van der Waals surface area contributed by atoms with Gasteiger partial charge in [0.15, 0.2) is 0 Å². The fraction of sp³-hybridized carbons (Fsp3) is 0.714. The molecule has 1 aliphatic heterocycles. The van der Waals surface area contributed by atoms with Gasteiger partial charge in [0.2, 0.25) is 0 Å². The van der Waals surface area contributed by atoms with E-state index in [9.17, 15) is 0 Å². The molecule has 1 saturated heterocycles. The molecule has 0 bridgehead atoms. The molecule has 3 rings (SSSR count). The van der Waals surface area contributed by atoms with Gasteiger partial charge < -0.3 is 10.1 Å². The van der Waals surface area contributed by atoms with Crippen molar-refractivity contribution in [3.8, 4) is 0 Å². The van der Waals surface area contributed by atoms with Crippen molar-refractivity contribution in [2.45, 2.75) is 43.7 Å². The van der Waals surface area contributed by atoms with E-state index in [1.165, 1.54) is 37.7 Å². The lowest BCUT2D eigenvalue weighted by Gasteiger charge is -2.48. The molecule has 0 aromatic carbocycles. The molecule has 1 aromatic heterocycles. The van der Waals surface area contributed by atoms with Crippen LogP contribution in [0.1, 0.15) is 43.7 Å². The summed E-state index contributed by atoms with van der Waals surface area (Å²) in [5.74, 6) is 0.739. The summed E-state index contributed by atoms with van der Waals surface area (Å²) in [6.45, 7) is 0.951. The second-order valence-corrected chi connectivity index (χ2v) is 6.24. The molecule has 2 fully saturated rings. The van der Waals surface area contributed by atoms with Gasteiger partial charge in [-0.2, -0.15) is 11.3 Å². The van der Waals surface area contributed by atoms with Crippen molar-refractivity contribution < 1.29 is 4.74 Å². The van der Waals surface area contributed by atoms with Crippen molar-refractivity contribution >= 4 is 11.3 Å². The lowest BCUT2D eigenvalue weighted by Crippen LogP contribution is -2.47. The van der Waals surface area contributed by atoms with Gasteiger partial charge in [0.05, 0.1) is 5.60 Å². The zero-order valence-electron chi connectivity index (χ0n) is 10.4. The van der Waals surface area contributed by atoms with Crippen LogP contribution in [0.2, 0.25) is 0 Å². The highest BCUT2D eigenvalue weighted by molar-refractivity contribution is 7.07. The van der Waals surface area contributed by atoms with Crippen LogP contribution in [-0.4, -0.2) is 19.3 Å². The van der Waals surface area contributed by atoms with E-state index >= 15 is 0 Å². The van der Waals surface area contributed by atoms with Gasteiger partial charge in [-0.05, 0) is 67.5 Å². The SMILES string of the molecule is CNC(c1ccsc1)C1CCOC2(CCC2)C1. The topological polar surface area (TPSA) is 21.3 Å². The Bertz CT molecular complexity index is 358. The van der Waals surface area contributed by atoms with Crippen LogP contribution >= 0.6 is 11.3 Å². The average Bonchev–Trinajstić information content (AvgIpc) is 2.82. The van der Waals surface area contributed by atoms with Crippen LogP contribution in [0.3, 0.4) is 0 Å². The van der Waals surface area contributed by atoms with E-state index in [0.717, 1.165) is 12.5 Å². The predicted molar refractivity (Wildman–Crippen MR) is 71.4 cm³/mol. The standard InChI is InChI=1S/C14H21NOS/c1-15-13(12-4-8-17-10-12)11-3-7-16-14(9-11)5-2-6-14/h4,8,10-11,13,15H,2-3,5-7,9H2,1H3. The molecule has 1 N–H and O–H groups in total. The molecule has 2 atom stereocenters. The third kappa shape index (κ3) is 2.16. The molecule has 2 aliphatic rings. The molecule has 1 saturated carbocycles. The lowest BCUT2D eigenvalue weighted by atomic mass is 9.70. The summed E-state index contributed by atoms with van der Waals surface area (Å²) in [6, 6.07) is 2.77. The maximum absolute atomic E-state index is 6.02. The smallest absolute Gasteiger partial charge is 0.0686 e. The van der Waals surface area contributed by atoms with Gasteiger partial charge in [-0.3, -0.25) is 0 Å². The average molecular weight is 251 g/mol. The van der Waals surface area contributed by atoms with E-state index in [1.807, 2.05) is 0 Å². The number of nitrogens with one attached hydrogen (secondary N) is 1. The first-order valence-electron chi connectivity index (χ1n) is 6.66. The summed E-state index contributed by atoms with van der Waals surface area (Å²) in [4.78, 5) is 0. The van der Waals surface area contributed by atoms with Gasteiger partial charge in [0, 0.05) is 12.6 Å². The maximum atomic E-state index is 6.02. The van der Waals surface area contributed by atoms with Crippen LogP contribution < -0.4 is 5.32 Å². The highest BCUT2D eigenvalue weighted by Gasteiger charge is 2.44. The summed E-state index contributed by atoms with van der Waals surface area (Å²) in [7, 11) is 2.09. The molecule has 17 heavy (non-hydrogen) atoms. The first-order chi connectivity index (χ1) is 8.33. The zero-order valence-corrected chi connectivity index (χ0v) is 11.3. The largest absolute Gasteiger partial charge is 0.375 e. The first-order valence-corrected chi connectivity index (χ1v) is 7.61. The van der Waals surface area contributed by atoms with Gasteiger partial charge >= 0.3 is 0 Å². The summed E-state index contributed by atoms with van der Waals surface area (Å²) >= 11 is 1.80. The molecule has 0 amide bonds. The summed E-state index contributed by atoms with van der Waals surface area (Å²) in [5.41, 5.74) is 1.72. The Morgan fingerprint density at radius 1 is 1.53 bits per heavy atom. The molecular formula is C14H21NOS. The fourth-order valence-corrected chi connectivity index (χ4v) is 4.09. The van der Waals surface area contributed by atoms with E-state index in [1.54, 1.807) is 11.3 Å². The third-order valence-corrected chi connectivity index (χ3v) is 5.18. The molecule has 94 valence electrons. The van der Waals surface area contributed by atoms with Crippen molar-refractivity contribution in [2.75, 3.05) is 13.7 Å². The van der Waals surface area contributed by atoms with E-state index in [-0.39, 0.29) is 5.60 Å². The quantitative estimate of drug-likeness (QED) is 0.889. The van der Waals surface area contributed by atoms with Gasteiger partial charge in [-0.15, -0.1) is 0 Å². The number of rotatable bonds is 3. The molecule has 1 aliphatic carbocycles. The highest BCUT2D eigenvalue weighted by Crippen LogP contribution is 2.47. The van der Waals surface area contributed by atoms with Gasteiger partial charge in [-0.1, -0.05) is 0 Å². The van der Waals surface area contributed by atoms with Gasteiger partial charge in [0.1, 0.15) is 0 Å². The van der Waals surface area contributed by atoms with Crippen LogP contribution in [0.5, 0.6) is 0 Å². The number of thiophene rings is 1. The van der Waals surface area contributed by atoms with E-state index in [2.05, 4.69) is 29.2 Å². The lowest BCUT2D eigenvalue weighted by molar-refractivity contribution is -0.147. The Labute approximate surface area is 107 Å². The Balaban J connectivity index is 1.73. The Morgan fingerprint density at radius 2 is 2.41 bits per heavy atom. The van der Waals surface area contributed by atoms with E-state index in [4.69, 9.17) is 4.74 Å². The van der Waals surface area contributed by atoms with Gasteiger partial charge in [-0.25, -0.2) is 0 Å². The van der Waals surface area contributed by atoms with Crippen molar-refractivity contribution in [2.24, 2.45) is 5.92 Å².